The van der Waals surface area contributed by atoms with E-state index in [0.29, 0.717) is 17.7 Å². The summed E-state index contributed by atoms with van der Waals surface area (Å²) >= 11 is 0. The van der Waals surface area contributed by atoms with Gasteiger partial charge in [-0.05, 0) is 35.7 Å². The average molecular weight is 349 g/mol. The molecule has 0 aliphatic heterocycles. The number of sulfonamides is 1. The fraction of sp³-hybridized carbons (Fsp3) is 0.278. The summed E-state index contributed by atoms with van der Waals surface area (Å²) in [4.78, 5) is 12.3. The minimum absolute atomic E-state index is 0.0158. The van der Waals surface area contributed by atoms with Gasteiger partial charge < -0.3 is 0 Å². The quantitative estimate of drug-likeness (QED) is 0.772. The highest BCUT2D eigenvalue weighted by Gasteiger charge is 2.22. The number of nitrogens with zero attached hydrogens (tertiary/aromatic N) is 1. The molecule has 0 atom stereocenters. The number of para-hydroxylation sites is 1. The monoisotopic (exact) mass is 349 g/mol. The van der Waals surface area contributed by atoms with E-state index in [4.69, 9.17) is 0 Å². The summed E-state index contributed by atoms with van der Waals surface area (Å²) in [7, 11) is -3.61. The van der Waals surface area contributed by atoms with E-state index in [9.17, 15) is 17.6 Å². The van der Waals surface area contributed by atoms with Crippen LogP contribution >= 0.6 is 0 Å². The first kappa shape index (κ1) is 18.1. The second-order valence-corrected chi connectivity index (χ2v) is 7.50. The Morgan fingerprint density at radius 3 is 2.46 bits per heavy atom. The lowest BCUT2D eigenvalue weighted by atomic mass is 10.1. The van der Waals surface area contributed by atoms with Crippen molar-refractivity contribution in [2.24, 2.45) is 0 Å². The Morgan fingerprint density at radius 2 is 1.83 bits per heavy atom. The number of hydrogen-bond acceptors (Lipinski definition) is 3. The third kappa shape index (κ3) is 4.64. The summed E-state index contributed by atoms with van der Waals surface area (Å²) in [5.41, 5.74) is 1.88. The molecule has 6 heteroatoms. The number of ketones is 1. The molecule has 2 aromatic carbocycles. The zero-order chi connectivity index (χ0) is 17.7. The number of carbonyl (C=O) groups excluding carboxylic acids is 1. The molecular weight excluding hydrogens is 329 g/mol. The van der Waals surface area contributed by atoms with Gasteiger partial charge in [0, 0.05) is 6.42 Å². The van der Waals surface area contributed by atoms with E-state index in [2.05, 4.69) is 0 Å². The van der Waals surface area contributed by atoms with Crippen LogP contribution < -0.4 is 4.31 Å². The van der Waals surface area contributed by atoms with E-state index >= 15 is 0 Å². The molecule has 0 aliphatic rings. The van der Waals surface area contributed by atoms with Crippen LogP contribution in [0.1, 0.15) is 18.1 Å². The van der Waals surface area contributed by atoms with Crippen molar-refractivity contribution >= 4 is 21.5 Å². The number of carbonyl (C=O) groups is 1. The number of rotatable bonds is 7. The fourth-order valence-corrected chi connectivity index (χ4v) is 3.44. The van der Waals surface area contributed by atoms with Gasteiger partial charge in [-0.2, -0.15) is 0 Å². The molecule has 0 aliphatic carbocycles. The highest BCUT2D eigenvalue weighted by atomic mass is 32.2. The number of hydrogen-bond donors (Lipinski definition) is 0. The van der Waals surface area contributed by atoms with E-state index < -0.39 is 15.8 Å². The molecular formula is C18H20FNO3S. The Kier molecular flexibility index (Phi) is 5.72. The van der Waals surface area contributed by atoms with E-state index in [1.165, 1.54) is 18.2 Å². The van der Waals surface area contributed by atoms with E-state index in [1.54, 1.807) is 18.2 Å². The third-order valence-corrected chi connectivity index (χ3v) is 4.78. The second kappa shape index (κ2) is 7.57. The molecule has 0 heterocycles. The Morgan fingerprint density at radius 1 is 1.12 bits per heavy atom. The van der Waals surface area contributed by atoms with Crippen LogP contribution in [0.5, 0.6) is 0 Å². The molecule has 0 unspecified atom stereocenters. The molecule has 0 N–H and O–H groups in total. The summed E-state index contributed by atoms with van der Waals surface area (Å²) in [6, 6.07) is 12.8. The van der Waals surface area contributed by atoms with Crippen molar-refractivity contribution in [2.75, 3.05) is 17.1 Å². The van der Waals surface area contributed by atoms with Crippen LogP contribution in [0, 0.1) is 5.82 Å². The van der Waals surface area contributed by atoms with Gasteiger partial charge in [0.05, 0.1) is 18.5 Å². The highest BCUT2D eigenvalue weighted by Crippen LogP contribution is 2.23. The SMILES string of the molecule is CCc1ccccc1N(CC(=O)Cc1cccc(F)c1)S(C)(=O)=O. The van der Waals surface area contributed by atoms with Gasteiger partial charge in [-0.3, -0.25) is 9.10 Å². The Bertz CT molecular complexity index is 834. The maximum absolute atomic E-state index is 13.2. The summed E-state index contributed by atoms with van der Waals surface area (Å²) in [6.45, 7) is 1.65. The first-order chi connectivity index (χ1) is 11.3. The van der Waals surface area contributed by atoms with Gasteiger partial charge in [0.2, 0.25) is 10.0 Å². The Balaban J connectivity index is 2.25. The number of aryl methyl sites for hydroxylation is 1. The summed E-state index contributed by atoms with van der Waals surface area (Å²) in [6.07, 6.45) is 1.72. The lowest BCUT2D eigenvalue weighted by Gasteiger charge is -2.24. The summed E-state index contributed by atoms with van der Waals surface area (Å²) < 4.78 is 38.6. The minimum Gasteiger partial charge on any atom is -0.297 e. The van der Waals surface area contributed by atoms with Crippen molar-refractivity contribution in [3.8, 4) is 0 Å². The molecule has 2 aromatic rings. The molecule has 2 rings (SSSR count). The number of halogens is 1. The largest absolute Gasteiger partial charge is 0.297 e. The Labute approximate surface area is 142 Å². The van der Waals surface area contributed by atoms with Crippen molar-refractivity contribution in [2.45, 2.75) is 19.8 Å². The van der Waals surface area contributed by atoms with Crippen molar-refractivity contribution in [3.63, 3.8) is 0 Å². The lowest BCUT2D eigenvalue weighted by molar-refractivity contribution is -0.117. The molecule has 0 fully saturated rings. The summed E-state index contributed by atoms with van der Waals surface area (Å²) in [5, 5.41) is 0. The molecule has 0 radical (unpaired) electrons. The second-order valence-electron chi connectivity index (χ2n) is 5.60. The topological polar surface area (TPSA) is 54.5 Å². The summed E-state index contributed by atoms with van der Waals surface area (Å²) in [5.74, 6) is -0.714. The van der Waals surface area contributed by atoms with Crippen molar-refractivity contribution in [1.82, 2.24) is 0 Å². The maximum Gasteiger partial charge on any atom is 0.232 e. The van der Waals surface area contributed by atoms with Gasteiger partial charge in [0.1, 0.15) is 5.82 Å². The van der Waals surface area contributed by atoms with Gasteiger partial charge in [-0.25, -0.2) is 12.8 Å². The molecule has 0 amide bonds. The first-order valence-corrected chi connectivity index (χ1v) is 9.48. The van der Waals surface area contributed by atoms with Gasteiger partial charge in [-0.1, -0.05) is 37.3 Å². The van der Waals surface area contributed by atoms with Crippen molar-refractivity contribution in [3.05, 3.63) is 65.5 Å². The third-order valence-electron chi connectivity index (χ3n) is 3.65. The first-order valence-electron chi connectivity index (χ1n) is 7.63. The highest BCUT2D eigenvalue weighted by molar-refractivity contribution is 7.92. The normalized spacial score (nSPS) is 11.3. The van der Waals surface area contributed by atoms with Gasteiger partial charge in [0.15, 0.2) is 5.78 Å². The predicted molar refractivity (Wildman–Crippen MR) is 93.1 cm³/mol. The van der Waals surface area contributed by atoms with Crippen molar-refractivity contribution < 1.29 is 17.6 Å². The van der Waals surface area contributed by atoms with Crippen LogP contribution in [0.4, 0.5) is 10.1 Å². The molecule has 128 valence electrons. The molecule has 24 heavy (non-hydrogen) atoms. The van der Waals surface area contributed by atoms with Gasteiger partial charge >= 0.3 is 0 Å². The van der Waals surface area contributed by atoms with Crippen LogP contribution in [0.25, 0.3) is 0 Å². The maximum atomic E-state index is 13.2. The minimum atomic E-state index is -3.61. The lowest BCUT2D eigenvalue weighted by Crippen LogP contribution is -2.36. The predicted octanol–water partition coefficient (Wildman–Crippen LogP) is 2.97. The van der Waals surface area contributed by atoms with Crippen LogP contribution in [0.15, 0.2) is 48.5 Å². The molecule has 0 saturated carbocycles. The van der Waals surface area contributed by atoms with E-state index in [0.717, 1.165) is 16.1 Å². The van der Waals surface area contributed by atoms with Crippen LogP contribution in [-0.4, -0.2) is 27.0 Å². The van der Waals surface area contributed by atoms with Gasteiger partial charge in [-0.15, -0.1) is 0 Å². The molecule has 0 spiro atoms. The standard InChI is InChI=1S/C18H20FNO3S/c1-3-15-8-4-5-10-18(15)20(24(2,22)23)13-17(21)12-14-7-6-9-16(19)11-14/h4-11H,3,12-13H2,1-2H3. The number of anilines is 1. The molecule has 0 saturated heterocycles. The number of benzene rings is 2. The smallest absolute Gasteiger partial charge is 0.232 e. The molecule has 4 nitrogen and oxygen atoms in total. The van der Waals surface area contributed by atoms with Crippen molar-refractivity contribution in [1.29, 1.82) is 0 Å². The Hall–Kier alpha value is -2.21. The average Bonchev–Trinajstić information content (AvgIpc) is 2.51. The zero-order valence-electron chi connectivity index (χ0n) is 13.7. The molecule has 0 bridgehead atoms. The molecule has 0 aromatic heterocycles. The number of Topliss-reactive ketones (excluding diaryl/α,β-unsaturated/α-hetero) is 1. The fourth-order valence-electron chi connectivity index (χ4n) is 2.52. The van der Waals surface area contributed by atoms with Gasteiger partial charge in [0.25, 0.3) is 0 Å². The van der Waals surface area contributed by atoms with Crippen LogP contribution in [0.3, 0.4) is 0 Å². The van der Waals surface area contributed by atoms with E-state index in [-0.39, 0.29) is 18.7 Å². The zero-order valence-corrected chi connectivity index (χ0v) is 14.5. The van der Waals surface area contributed by atoms with Crippen LogP contribution in [0.2, 0.25) is 0 Å². The van der Waals surface area contributed by atoms with E-state index in [1.807, 2.05) is 19.1 Å². The van der Waals surface area contributed by atoms with Crippen LogP contribution in [-0.2, 0) is 27.7 Å².